The number of aliphatic hydroxyl groups is 1. The van der Waals surface area contributed by atoms with Crippen molar-refractivity contribution < 1.29 is 9.84 Å². The average molecular weight is 411 g/mol. The molecule has 4 unspecified atom stereocenters. The van der Waals surface area contributed by atoms with Crippen LogP contribution in [0.1, 0.15) is 50.5 Å². The summed E-state index contributed by atoms with van der Waals surface area (Å²) in [5, 5.41) is 10.4. The zero-order valence-electron chi connectivity index (χ0n) is 18.6. The summed E-state index contributed by atoms with van der Waals surface area (Å²) in [6, 6.07) is 9.08. The summed E-state index contributed by atoms with van der Waals surface area (Å²) in [5.74, 6) is 3.98. The molecule has 4 heteroatoms. The maximum atomic E-state index is 10.4. The topological polar surface area (TPSA) is 35.9 Å². The van der Waals surface area contributed by atoms with Crippen LogP contribution in [0.3, 0.4) is 0 Å². The number of ether oxygens (including phenoxy) is 1. The minimum atomic E-state index is -0.300. The quantitative estimate of drug-likeness (QED) is 0.746. The van der Waals surface area contributed by atoms with Gasteiger partial charge in [0.15, 0.2) is 0 Å². The molecule has 5 saturated carbocycles. The van der Waals surface area contributed by atoms with Crippen molar-refractivity contribution in [3.63, 3.8) is 0 Å². The van der Waals surface area contributed by atoms with E-state index >= 15 is 0 Å². The van der Waals surface area contributed by atoms with Crippen molar-refractivity contribution in [2.24, 2.45) is 23.2 Å². The Hall–Kier alpha value is -1.10. The Balaban J connectivity index is 1.01. The Morgan fingerprint density at radius 1 is 1.03 bits per heavy atom. The Kier molecular flexibility index (Phi) is 4.71. The normalized spacial score (nSPS) is 40.9. The van der Waals surface area contributed by atoms with Crippen LogP contribution in [0.15, 0.2) is 24.3 Å². The van der Waals surface area contributed by atoms with Crippen molar-refractivity contribution in [2.75, 3.05) is 46.4 Å². The molecule has 6 aliphatic rings. The van der Waals surface area contributed by atoms with Crippen LogP contribution in [0, 0.1) is 23.2 Å². The molecule has 164 valence electrons. The highest BCUT2D eigenvalue weighted by atomic mass is 16.5. The molecule has 1 spiro atoms. The van der Waals surface area contributed by atoms with Gasteiger partial charge in [0.1, 0.15) is 5.75 Å². The molecule has 1 heterocycles. The third kappa shape index (κ3) is 3.13. The molecule has 6 fully saturated rings. The van der Waals surface area contributed by atoms with Crippen LogP contribution in [-0.4, -0.2) is 67.4 Å². The van der Waals surface area contributed by atoms with Crippen LogP contribution in [0.25, 0.3) is 0 Å². The fourth-order valence-corrected chi connectivity index (χ4v) is 8.32. The number of likely N-dealkylation sites (N-methyl/N-ethyl adjacent to an activating group) is 1. The molecule has 0 aromatic heterocycles. The number of hydrogen-bond acceptors (Lipinski definition) is 4. The summed E-state index contributed by atoms with van der Waals surface area (Å²) in [6.45, 7) is 5.67. The molecule has 4 nitrogen and oxygen atoms in total. The van der Waals surface area contributed by atoms with Crippen molar-refractivity contribution in [3.8, 4) is 5.75 Å². The van der Waals surface area contributed by atoms with Crippen molar-refractivity contribution in [2.45, 2.75) is 56.5 Å². The Bertz CT molecular complexity index is 763. The lowest BCUT2D eigenvalue weighted by Crippen LogP contribution is -2.62. The molecule has 1 N–H and O–H groups in total. The zero-order valence-corrected chi connectivity index (χ0v) is 18.6. The van der Waals surface area contributed by atoms with Crippen LogP contribution in [0.5, 0.6) is 5.75 Å². The third-order valence-electron chi connectivity index (χ3n) is 9.57. The molecule has 0 amide bonds. The Morgan fingerprint density at radius 3 is 2.57 bits per heavy atom. The molecule has 0 radical (unpaired) electrons. The van der Waals surface area contributed by atoms with E-state index in [0.717, 1.165) is 61.6 Å². The summed E-state index contributed by atoms with van der Waals surface area (Å²) in [7, 11) is 2.16. The fraction of sp³-hybridized carbons (Fsp3) is 0.769. The monoisotopic (exact) mass is 410 g/mol. The van der Waals surface area contributed by atoms with Crippen molar-refractivity contribution in [1.29, 1.82) is 0 Å². The van der Waals surface area contributed by atoms with Crippen molar-refractivity contribution in [1.82, 2.24) is 9.80 Å². The first kappa shape index (κ1) is 19.6. The van der Waals surface area contributed by atoms with E-state index < -0.39 is 0 Å². The van der Waals surface area contributed by atoms with Gasteiger partial charge in [-0.15, -0.1) is 0 Å². The average Bonchev–Trinajstić information content (AvgIpc) is 2.83. The first-order valence-electron chi connectivity index (χ1n) is 12.4. The van der Waals surface area contributed by atoms with Gasteiger partial charge in [-0.2, -0.15) is 0 Å². The highest BCUT2D eigenvalue weighted by Gasteiger charge is 2.72. The van der Waals surface area contributed by atoms with Crippen LogP contribution >= 0.6 is 0 Å². The number of β-amino-alcohol motifs (C(OH)–C–C–N with tert-alkyl or cyclic N) is 1. The van der Waals surface area contributed by atoms with E-state index in [2.05, 4.69) is 41.1 Å². The molecular formula is C26H38N2O2. The predicted molar refractivity (Wildman–Crippen MR) is 119 cm³/mol. The van der Waals surface area contributed by atoms with E-state index in [1.165, 1.54) is 38.5 Å². The first-order chi connectivity index (χ1) is 14.5. The Labute approximate surface area is 181 Å². The van der Waals surface area contributed by atoms with Gasteiger partial charge >= 0.3 is 0 Å². The van der Waals surface area contributed by atoms with E-state index in [1.54, 1.807) is 5.56 Å². The molecule has 1 aliphatic heterocycles. The number of nitrogens with zero attached hydrogens (tertiary/aromatic N) is 2. The molecule has 1 aromatic rings. The maximum Gasteiger partial charge on any atom is 0.119 e. The van der Waals surface area contributed by atoms with Gasteiger partial charge in [0.25, 0.3) is 0 Å². The second kappa shape index (κ2) is 7.21. The molecular weight excluding hydrogens is 372 g/mol. The first-order valence-corrected chi connectivity index (χ1v) is 12.4. The van der Waals surface area contributed by atoms with Gasteiger partial charge in [0.05, 0.1) is 12.7 Å². The largest absolute Gasteiger partial charge is 0.493 e. The number of aliphatic hydroxyl groups excluding tert-OH is 1. The standard InChI is InChI=1S/C26H38N2O2/c1-27-7-9-28(10-8-27)17-22(29)6-11-30-23-4-2-21(3-5-23)26-16-19-12-20-14-25(15-20,18-26)24(26)13-19/h2-5,19-20,22,24,29H,6-18H2,1H3. The number of piperazine rings is 1. The third-order valence-corrected chi connectivity index (χ3v) is 9.57. The van der Waals surface area contributed by atoms with Gasteiger partial charge in [0, 0.05) is 39.1 Å². The van der Waals surface area contributed by atoms with Gasteiger partial charge in [-0.1, -0.05) is 12.1 Å². The molecule has 1 saturated heterocycles. The number of rotatable bonds is 7. The van der Waals surface area contributed by atoms with Gasteiger partial charge in [0.2, 0.25) is 0 Å². The minimum Gasteiger partial charge on any atom is -0.493 e. The Morgan fingerprint density at radius 2 is 1.80 bits per heavy atom. The van der Waals surface area contributed by atoms with E-state index in [0.29, 0.717) is 18.4 Å². The SMILES string of the molecule is CN1CCN(CC(O)CCOc2ccc(C34CC5CC6CC(C6)(C3)C4C5)cc2)CC1. The van der Waals surface area contributed by atoms with Crippen LogP contribution in [-0.2, 0) is 5.41 Å². The molecule has 7 rings (SSSR count). The minimum absolute atomic E-state index is 0.300. The summed E-state index contributed by atoms with van der Waals surface area (Å²) in [6.07, 6.45) is 9.38. The van der Waals surface area contributed by atoms with Crippen LogP contribution in [0.2, 0.25) is 0 Å². The summed E-state index contributed by atoms with van der Waals surface area (Å²) in [5.41, 5.74) is 2.81. The van der Waals surface area contributed by atoms with Gasteiger partial charge in [-0.05, 0) is 91.9 Å². The predicted octanol–water partition coefficient (Wildman–Crippen LogP) is 3.53. The lowest BCUT2D eigenvalue weighted by molar-refractivity contribution is -0.144. The van der Waals surface area contributed by atoms with Crippen molar-refractivity contribution >= 4 is 0 Å². The van der Waals surface area contributed by atoms with E-state index in [4.69, 9.17) is 4.74 Å². The number of hydrogen-bond donors (Lipinski definition) is 1. The second-order valence-electron chi connectivity index (χ2n) is 11.5. The van der Waals surface area contributed by atoms with Gasteiger partial charge in [-0.3, -0.25) is 4.90 Å². The zero-order chi connectivity index (χ0) is 20.3. The fourth-order valence-electron chi connectivity index (χ4n) is 8.32. The highest BCUT2D eigenvalue weighted by molar-refractivity contribution is 5.40. The highest BCUT2D eigenvalue weighted by Crippen LogP contribution is 2.79. The van der Waals surface area contributed by atoms with Gasteiger partial charge in [-0.25, -0.2) is 0 Å². The van der Waals surface area contributed by atoms with Gasteiger partial charge < -0.3 is 14.7 Å². The smallest absolute Gasteiger partial charge is 0.119 e. The van der Waals surface area contributed by atoms with E-state index in [-0.39, 0.29) is 6.10 Å². The van der Waals surface area contributed by atoms with E-state index in [9.17, 15) is 5.11 Å². The summed E-state index contributed by atoms with van der Waals surface area (Å²) >= 11 is 0. The molecule has 1 aromatic carbocycles. The summed E-state index contributed by atoms with van der Waals surface area (Å²) in [4.78, 5) is 4.72. The molecule has 4 atom stereocenters. The lowest BCUT2D eigenvalue weighted by Gasteiger charge is -2.68. The molecule has 30 heavy (non-hydrogen) atoms. The second-order valence-corrected chi connectivity index (χ2v) is 11.5. The lowest BCUT2D eigenvalue weighted by atomic mass is 9.36. The maximum absolute atomic E-state index is 10.4. The van der Waals surface area contributed by atoms with Crippen LogP contribution in [0.4, 0.5) is 0 Å². The number of benzene rings is 1. The molecule has 4 bridgehead atoms. The van der Waals surface area contributed by atoms with Crippen LogP contribution < -0.4 is 4.74 Å². The van der Waals surface area contributed by atoms with Crippen molar-refractivity contribution in [3.05, 3.63) is 29.8 Å². The summed E-state index contributed by atoms with van der Waals surface area (Å²) < 4.78 is 5.99. The molecule has 5 aliphatic carbocycles. The van der Waals surface area contributed by atoms with E-state index in [1.807, 2.05) is 0 Å².